The van der Waals surface area contributed by atoms with E-state index >= 15 is 0 Å². The first-order valence-electron chi connectivity index (χ1n) is 13.2. The van der Waals surface area contributed by atoms with Crippen LogP contribution >= 0.6 is 11.6 Å². The quantitative estimate of drug-likeness (QED) is 0.121. The van der Waals surface area contributed by atoms with Gasteiger partial charge in [-0.05, 0) is 31.4 Å². The molecule has 16 heteroatoms. The van der Waals surface area contributed by atoms with Crippen LogP contribution in [0.25, 0.3) is 11.2 Å². The van der Waals surface area contributed by atoms with Gasteiger partial charge >= 0.3 is 17.9 Å². The number of hydrogen-bond donors (Lipinski definition) is 2. The number of nitrogens with two attached hydrogens (primary N) is 1. The van der Waals surface area contributed by atoms with Crippen LogP contribution in [0, 0.1) is 12.3 Å². The molecule has 2 fully saturated rings. The van der Waals surface area contributed by atoms with Gasteiger partial charge in [0.2, 0.25) is 23.1 Å². The van der Waals surface area contributed by atoms with E-state index < -0.39 is 60.6 Å². The zero-order valence-corrected chi connectivity index (χ0v) is 24.0. The number of halogens is 1. The van der Waals surface area contributed by atoms with Crippen molar-refractivity contribution in [3.05, 3.63) is 11.6 Å². The number of esters is 3. The number of nitrogens with one attached hydrogen (secondary N) is 1. The number of ether oxygens (including phenoxy) is 5. The van der Waals surface area contributed by atoms with Gasteiger partial charge in [-0.25, -0.2) is 9.78 Å². The van der Waals surface area contributed by atoms with E-state index in [1.165, 1.54) is 17.8 Å². The van der Waals surface area contributed by atoms with Crippen LogP contribution in [0.15, 0.2) is 6.33 Å². The molecule has 226 valence electrons. The lowest BCUT2D eigenvalue weighted by Gasteiger charge is -2.32. The van der Waals surface area contributed by atoms with Gasteiger partial charge in [0.25, 0.3) is 5.91 Å². The highest BCUT2D eigenvalue weighted by Crippen LogP contribution is 2.43. The Morgan fingerprint density at radius 1 is 1.26 bits per heavy atom. The number of primary amides is 1. The predicted octanol–water partition coefficient (Wildman–Crippen LogP) is 1.03. The molecular weight excluding hydrogens is 576 g/mol. The molecule has 42 heavy (non-hydrogen) atoms. The fourth-order valence-corrected chi connectivity index (χ4v) is 5.27. The van der Waals surface area contributed by atoms with Crippen molar-refractivity contribution in [3.8, 4) is 12.3 Å². The first-order valence-corrected chi connectivity index (χ1v) is 13.6. The Kier molecular flexibility index (Phi) is 9.50. The normalized spacial score (nSPS) is 24.6. The number of nitrogens with zero attached hydrogens (tertiary/aromatic N) is 4. The van der Waals surface area contributed by atoms with Crippen molar-refractivity contribution in [2.24, 2.45) is 5.73 Å². The molecule has 4 rings (SSSR count). The lowest BCUT2D eigenvalue weighted by atomic mass is 9.92. The Balaban J connectivity index is 1.76. The van der Waals surface area contributed by atoms with Gasteiger partial charge in [-0.3, -0.25) is 19.0 Å². The summed E-state index contributed by atoms with van der Waals surface area (Å²) in [5.41, 5.74) is 3.80. The number of hydrogen-bond acceptors (Lipinski definition) is 13. The third kappa shape index (κ3) is 6.25. The van der Waals surface area contributed by atoms with Gasteiger partial charge in [-0.15, -0.1) is 6.42 Å². The lowest BCUT2D eigenvalue weighted by molar-refractivity contribution is -0.178. The number of terminal acetylenes is 1. The molecule has 2 aromatic rings. The van der Waals surface area contributed by atoms with E-state index in [4.69, 9.17) is 47.4 Å². The SMILES string of the molecule is C#C[C@@]1(OC(C)=O)[C@@H](COC(C(N)=O)C(=O)OCC)O[C@@H](n2cnc3c(NC4CCCC4)nc(Cl)nc32)[C@@H]1OC(C)=O. The summed E-state index contributed by atoms with van der Waals surface area (Å²) in [5, 5.41) is 3.26. The highest BCUT2D eigenvalue weighted by atomic mass is 35.5. The van der Waals surface area contributed by atoms with Gasteiger partial charge in [0.1, 0.15) is 6.10 Å². The molecule has 1 saturated heterocycles. The Hall–Kier alpha value is -4.00. The Morgan fingerprint density at radius 2 is 1.98 bits per heavy atom. The maximum absolute atomic E-state index is 12.3. The minimum absolute atomic E-state index is 0.0417. The molecule has 2 aromatic heterocycles. The average Bonchev–Trinajstić information content (AvgIpc) is 3.63. The van der Waals surface area contributed by atoms with Gasteiger partial charge in [0.05, 0.1) is 19.5 Å². The molecule has 1 unspecified atom stereocenters. The van der Waals surface area contributed by atoms with Crippen LogP contribution < -0.4 is 11.1 Å². The number of imidazole rings is 1. The number of rotatable bonds is 11. The first-order chi connectivity index (χ1) is 20.0. The van der Waals surface area contributed by atoms with Crippen LogP contribution in [-0.2, 0) is 42.9 Å². The summed E-state index contributed by atoms with van der Waals surface area (Å²) in [5.74, 6) is -1.00. The molecule has 1 aliphatic carbocycles. The topological polar surface area (TPSA) is 196 Å². The molecule has 5 atom stereocenters. The summed E-state index contributed by atoms with van der Waals surface area (Å²) in [7, 11) is 0. The summed E-state index contributed by atoms with van der Waals surface area (Å²) in [6, 6.07) is 0.179. The number of aromatic nitrogens is 4. The van der Waals surface area contributed by atoms with E-state index in [9.17, 15) is 19.2 Å². The standard InChI is InChI=1S/C26H31ClN6O9/c1-5-26(42-14(4)35)16(11-39-18(20(28)36)24(37)38-6-2)41-23(19(26)40-13(3)34)33-12-29-17-21(30-15-9-7-8-10-15)31-25(27)32-22(17)33/h1,12,15-16,18-19,23H,6-11H2,2-4H3,(H2,28,36)(H,30,31,32)/t16-,18?,19+,23-,26-/m1/s1. The Morgan fingerprint density at radius 3 is 2.57 bits per heavy atom. The van der Waals surface area contributed by atoms with E-state index in [1.807, 2.05) is 0 Å². The second kappa shape index (κ2) is 12.9. The van der Waals surface area contributed by atoms with E-state index in [0.717, 1.165) is 39.5 Å². The molecule has 1 amide bonds. The summed E-state index contributed by atoms with van der Waals surface area (Å²) >= 11 is 6.28. The monoisotopic (exact) mass is 606 g/mol. The molecule has 1 aliphatic heterocycles. The number of anilines is 1. The molecule has 3 heterocycles. The van der Waals surface area contributed by atoms with Crippen LogP contribution in [0.3, 0.4) is 0 Å². The number of amides is 1. The second-order valence-corrected chi connectivity index (χ2v) is 10.1. The van der Waals surface area contributed by atoms with Crippen molar-refractivity contribution < 1.29 is 42.9 Å². The highest BCUT2D eigenvalue weighted by molar-refractivity contribution is 6.28. The van der Waals surface area contributed by atoms with E-state index in [2.05, 4.69) is 26.2 Å². The van der Waals surface area contributed by atoms with Gasteiger partial charge in [-0.2, -0.15) is 9.97 Å². The van der Waals surface area contributed by atoms with Crippen molar-refractivity contribution in [3.63, 3.8) is 0 Å². The molecule has 15 nitrogen and oxygen atoms in total. The molecule has 0 bridgehead atoms. The van der Waals surface area contributed by atoms with E-state index in [-0.39, 0.29) is 23.6 Å². The smallest absolute Gasteiger partial charge is 0.345 e. The third-order valence-corrected chi connectivity index (χ3v) is 7.00. The largest absolute Gasteiger partial charge is 0.464 e. The molecule has 2 aliphatic rings. The molecule has 0 spiro atoms. The highest BCUT2D eigenvalue weighted by Gasteiger charge is 2.62. The van der Waals surface area contributed by atoms with Gasteiger partial charge in [0.15, 0.2) is 23.2 Å². The minimum atomic E-state index is -2.09. The Labute approximate surface area is 245 Å². The number of fused-ring (bicyclic) bond motifs is 1. The van der Waals surface area contributed by atoms with Gasteiger partial charge in [0, 0.05) is 19.9 Å². The van der Waals surface area contributed by atoms with Crippen molar-refractivity contribution in [1.82, 2.24) is 19.5 Å². The Bertz CT molecular complexity index is 1400. The fraction of sp³-hybridized carbons (Fsp3) is 0.577. The van der Waals surface area contributed by atoms with Crippen LogP contribution in [0.5, 0.6) is 0 Å². The van der Waals surface area contributed by atoms with Crippen LogP contribution in [-0.4, -0.2) is 86.5 Å². The summed E-state index contributed by atoms with van der Waals surface area (Å²) < 4.78 is 29.1. The minimum Gasteiger partial charge on any atom is -0.464 e. The number of carbonyl (C=O) groups excluding carboxylic acids is 4. The fourth-order valence-electron chi connectivity index (χ4n) is 5.11. The zero-order chi connectivity index (χ0) is 30.6. The van der Waals surface area contributed by atoms with Gasteiger partial charge in [-0.1, -0.05) is 18.8 Å². The van der Waals surface area contributed by atoms with Crippen LogP contribution in [0.4, 0.5) is 5.82 Å². The summed E-state index contributed by atoms with van der Waals surface area (Å²) in [6.45, 7) is 3.12. The molecular formula is C26H31ClN6O9. The maximum atomic E-state index is 12.3. The zero-order valence-electron chi connectivity index (χ0n) is 23.2. The van der Waals surface area contributed by atoms with E-state index in [0.29, 0.717) is 11.3 Å². The van der Waals surface area contributed by atoms with Crippen molar-refractivity contribution >= 4 is 52.4 Å². The first kappa shape index (κ1) is 30.9. The van der Waals surface area contributed by atoms with Crippen LogP contribution in [0.2, 0.25) is 5.28 Å². The summed E-state index contributed by atoms with van der Waals surface area (Å²) in [4.78, 5) is 61.8. The lowest BCUT2D eigenvalue weighted by Crippen LogP contribution is -2.54. The third-order valence-electron chi connectivity index (χ3n) is 6.83. The van der Waals surface area contributed by atoms with E-state index in [1.54, 1.807) is 0 Å². The van der Waals surface area contributed by atoms with Crippen molar-refractivity contribution in [1.29, 1.82) is 0 Å². The summed E-state index contributed by atoms with van der Waals surface area (Å²) in [6.07, 6.45) is 5.36. The van der Waals surface area contributed by atoms with Crippen LogP contribution in [0.1, 0.15) is 52.7 Å². The molecule has 0 aromatic carbocycles. The predicted molar refractivity (Wildman–Crippen MR) is 145 cm³/mol. The molecule has 0 radical (unpaired) electrons. The second-order valence-electron chi connectivity index (χ2n) is 9.74. The van der Waals surface area contributed by atoms with Gasteiger partial charge < -0.3 is 34.7 Å². The van der Waals surface area contributed by atoms with Crippen molar-refractivity contribution in [2.75, 3.05) is 18.5 Å². The van der Waals surface area contributed by atoms with Crippen molar-refractivity contribution in [2.45, 2.75) is 82.6 Å². The number of carbonyl (C=O) groups is 4. The molecule has 1 saturated carbocycles. The maximum Gasteiger partial charge on any atom is 0.345 e. The average molecular weight is 607 g/mol. The molecule has 3 N–H and O–H groups in total.